The van der Waals surface area contributed by atoms with E-state index in [2.05, 4.69) is 40.6 Å². The highest BCUT2D eigenvalue weighted by atomic mass is 16.6. The molecule has 15 heteroatoms. The third-order valence-corrected chi connectivity index (χ3v) is 8.99. The summed E-state index contributed by atoms with van der Waals surface area (Å²) in [4.78, 5) is 58.5. The summed E-state index contributed by atoms with van der Waals surface area (Å²) in [5.41, 5.74) is 12.2. The van der Waals surface area contributed by atoms with Gasteiger partial charge in [0.25, 0.3) is 11.8 Å². The summed E-state index contributed by atoms with van der Waals surface area (Å²) >= 11 is 0. The quantitative estimate of drug-likeness (QED) is 0.0361. The summed E-state index contributed by atoms with van der Waals surface area (Å²) < 4.78 is 9.44. The molecule has 3 heterocycles. The molecule has 0 saturated carbocycles. The lowest BCUT2D eigenvalue weighted by Gasteiger charge is -2.13. The first-order valence-electron chi connectivity index (χ1n) is 18.4. The lowest BCUT2D eigenvalue weighted by atomic mass is 10.1. The molecule has 56 heavy (non-hydrogen) atoms. The van der Waals surface area contributed by atoms with Crippen LogP contribution in [0.15, 0.2) is 94.9 Å². The van der Waals surface area contributed by atoms with Gasteiger partial charge in [0.1, 0.15) is 0 Å². The second-order valence-corrected chi connectivity index (χ2v) is 12.8. The summed E-state index contributed by atoms with van der Waals surface area (Å²) in [7, 11) is 0. The zero-order valence-electron chi connectivity index (χ0n) is 31.4. The van der Waals surface area contributed by atoms with Gasteiger partial charge in [0.05, 0.1) is 23.5 Å². The molecule has 0 aliphatic heterocycles. The Bertz CT molecular complexity index is 2160. The number of aryl methyl sites for hydroxylation is 3. The molecule has 2 amide bonds. The Labute approximate surface area is 323 Å². The lowest BCUT2D eigenvalue weighted by Crippen LogP contribution is -2.27. The van der Waals surface area contributed by atoms with Gasteiger partial charge in [-0.1, -0.05) is 67.5 Å². The largest absolute Gasteiger partial charge is 0.409 e. The van der Waals surface area contributed by atoms with E-state index in [9.17, 15) is 19.2 Å². The normalized spacial score (nSPS) is 15.2. The Hall–Kier alpha value is -6.77. The van der Waals surface area contributed by atoms with Crippen LogP contribution in [-0.2, 0) is 33.6 Å². The topological polar surface area (TPSA) is 225 Å². The van der Waals surface area contributed by atoms with Gasteiger partial charge in [-0.3, -0.25) is 29.1 Å². The van der Waals surface area contributed by atoms with Gasteiger partial charge in [0, 0.05) is 53.9 Å². The number of fused-ring (bicyclic) bond motifs is 2. The predicted octanol–water partition coefficient (Wildman–Crippen LogP) is 5.58. The molecule has 2 aliphatic carbocycles. The van der Waals surface area contributed by atoms with Crippen molar-refractivity contribution in [2.24, 2.45) is 10.9 Å². The van der Waals surface area contributed by atoms with E-state index in [1.54, 1.807) is 38.4 Å². The number of aromatic nitrogens is 4. The molecule has 0 saturated heterocycles. The lowest BCUT2D eigenvalue weighted by molar-refractivity contribution is -0.159. The number of esters is 2. The molecular weight excluding hydrogens is 716 g/mol. The van der Waals surface area contributed by atoms with E-state index >= 15 is 0 Å². The van der Waals surface area contributed by atoms with Crippen LogP contribution >= 0.6 is 0 Å². The second-order valence-electron chi connectivity index (χ2n) is 12.8. The minimum Gasteiger partial charge on any atom is -0.409 e. The monoisotopic (exact) mass is 760 g/mol. The molecular formula is C41H44N8O7. The number of benzene rings is 2. The molecule has 7 rings (SSSR count). The van der Waals surface area contributed by atoms with Gasteiger partial charge in [-0.2, -0.15) is 4.98 Å². The number of hydrogen-bond acceptors (Lipinski definition) is 12. The van der Waals surface area contributed by atoms with Crippen LogP contribution in [0.1, 0.15) is 113 Å². The average molecular weight is 761 g/mol. The van der Waals surface area contributed by atoms with Crippen LogP contribution in [0.25, 0.3) is 11.4 Å². The maximum Gasteiger partial charge on any atom is 0.313 e. The van der Waals surface area contributed by atoms with Crippen molar-refractivity contribution in [1.82, 2.24) is 30.7 Å². The van der Waals surface area contributed by atoms with E-state index in [1.807, 2.05) is 67.6 Å². The van der Waals surface area contributed by atoms with Crippen LogP contribution in [-0.4, -0.2) is 54.9 Å². The van der Waals surface area contributed by atoms with E-state index in [0.717, 1.165) is 53.8 Å². The number of amidine groups is 1. The summed E-state index contributed by atoms with van der Waals surface area (Å²) in [6.07, 6.45) is 7.83. The first-order chi connectivity index (χ1) is 27.1. The highest BCUT2D eigenvalue weighted by Gasteiger charge is 2.28. The van der Waals surface area contributed by atoms with E-state index in [-0.39, 0.29) is 42.6 Å². The standard InChI is InChI=1S/C19H18N4O2.C16H16N4O2.C6H10O3/c1-2-16-22-18(23-25-16)14-10-13-8-9-15(17(13)20-11-14)21-19(24)12-6-4-3-5-7-12;17-15(20-22)12-8-11-6-7-13(14(11)18-9-12)19-16(21)10-4-2-1-3-5-10;1-3-5(7)9-6(8)4-2/h3-7,10-11,15H,2,8-9H2,1H3,(H,21,24);1-5,8-9,13,22H,6-7H2,(H2,17,20)(H,19,21);3-4H2,1-2H3. The fourth-order valence-electron chi connectivity index (χ4n) is 5.99. The molecule has 0 bridgehead atoms. The smallest absolute Gasteiger partial charge is 0.313 e. The molecule has 15 nitrogen and oxygen atoms in total. The Balaban J connectivity index is 0.000000178. The minimum atomic E-state index is -0.457. The molecule has 3 aromatic heterocycles. The fourth-order valence-corrected chi connectivity index (χ4v) is 5.99. The van der Waals surface area contributed by atoms with Crippen LogP contribution in [0.4, 0.5) is 0 Å². The molecule has 2 aliphatic rings. The molecule has 2 aromatic carbocycles. The van der Waals surface area contributed by atoms with Gasteiger partial charge in [0.2, 0.25) is 11.7 Å². The molecule has 0 radical (unpaired) electrons. The first-order valence-corrected chi connectivity index (χ1v) is 18.4. The van der Waals surface area contributed by atoms with Crippen molar-refractivity contribution in [2.45, 2.75) is 77.8 Å². The van der Waals surface area contributed by atoms with Crippen molar-refractivity contribution >= 4 is 29.6 Å². The Morgan fingerprint density at radius 3 is 1.79 bits per heavy atom. The average Bonchev–Trinajstić information content (AvgIpc) is 4.00. The SMILES string of the molecule is CCC(=O)OC(=O)CC.CCc1nc(-c2cnc3c(c2)CCC3NC(=O)c2ccccc2)no1.NC(=NO)c1cnc2c(c1)CCC2NC(=O)c1ccccc1. The zero-order chi connectivity index (χ0) is 40.0. The van der Waals surface area contributed by atoms with Crippen molar-refractivity contribution in [3.05, 3.63) is 130 Å². The summed E-state index contributed by atoms with van der Waals surface area (Å²) in [5.74, 6) is 0.110. The van der Waals surface area contributed by atoms with Gasteiger partial charge in [-0.15, -0.1) is 0 Å². The van der Waals surface area contributed by atoms with Crippen LogP contribution < -0.4 is 16.4 Å². The Kier molecular flexibility index (Phi) is 14.1. The van der Waals surface area contributed by atoms with E-state index in [4.69, 9.17) is 15.5 Å². The van der Waals surface area contributed by atoms with Crippen LogP contribution in [0, 0.1) is 0 Å². The van der Waals surface area contributed by atoms with Gasteiger partial charge in [0.15, 0.2) is 5.84 Å². The number of carbonyl (C=O) groups excluding carboxylic acids is 4. The van der Waals surface area contributed by atoms with E-state index in [1.165, 1.54) is 0 Å². The van der Waals surface area contributed by atoms with Gasteiger partial charge in [-0.05, 0) is 73.2 Å². The summed E-state index contributed by atoms with van der Waals surface area (Å²) in [6, 6.07) is 22.1. The number of oxime groups is 1. The van der Waals surface area contributed by atoms with Crippen molar-refractivity contribution in [3.8, 4) is 11.4 Å². The molecule has 290 valence electrons. The number of nitrogens with one attached hydrogen (secondary N) is 2. The van der Waals surface area contributed by atoms with E-state index < -0.39 is 11.9 Å². The van der Waals surface area contributed by atoms with Crippen molar-refractivity contribution in [2.75, 3.05) is 0 Å². The number of hydrogen-bond donors (Lipinski definition) is 4. The number of ether oxygens (including phenoxy) is 1. The maximum absolute atomic E-state index is 12.4. The summed E-state index contributed by atoms with van der Waals surface area (Å²) in [6.45, 7) is 5.26. The summed E-state index contributed by atoms with van der Waals surface area (Å²) in [5, 5.41) is 21.8. The molecule has 5 aromatic rings. The van der Waals surface area contributed by atoms with Crippen molar-refractivity contribution < 1.29 is 33.6 Å². The molecule has 2 atom stereocenters. The fraction of sp³-hybridized carbons (Fsp3) is 0.293. The van der Waals surface area contributed by atoms with Crippen molar-refractivity contribution in [1.29, 1.82) is 0 Å². The van der Waals surface area contributed by atoms with Crippen LogP contribution in [0.2, 0.25) is 0 Å². The molecule has 5 N–H and O–H groups in total. The first kappa shape index (κ1) is 40.4. The second kappa shape index (κ2) is 19.5. The highest BCUT2D eigenvalue weighted by molar-refractivity contribution is 5.97. The van der Waals surface area contributed by atoms with Gasteiger partial charge >= 0.3 is 11.9 Å². The van der Waals surface area contributed by atoms with Crippen LogP contribution in [0.5, 0.6) is 0 Å². The number of carbonyl (C=O) groups is 4. The molecule has 2 unspecified atom stereocenters. The van der Waals surface area contributed by atoms with Gasteiger partial charge in [-0.25, -0.2) is 0 Å². The minimum absolute atomic E-state index is 0.0343. The van der Waals surface area contributed by atoms with Crippen LogP contribution in [0.3, 0.4) is 0 Å². The third kappa shape index (κ3) is 10.5. The number of nitrogens with zero attached hydrogens (tertiary/aromatic N) is 5. The Morgan fingerprint density at radius 1 is 0.786 bits per heavy atom. The number of amides is 2. The predicted molar refractivity (Wildman–Crippen MR) is 205 cm³/mol. The maximum atomic E-state index is 12.4. The molecule has 0 spiro atoms. The number of rotatable bonds is 9. The number of pyridine rings is 2. The third-order valence-electron chi connectivity index (χ3n) is 8.99. The highest BCUT2D eigenvalue weighted by Crippen LogP contribution is 2.32. The molecule has 0 fully saturated rings. The Morgan fingerprint density at radius 2 is 1.30 bits per heavy atom. The van der Waals surface area contributed by atoms with E-state index in [0.29, 0.717) is 34.8 Å². The zero-order valence-corrected chi connectivity index (χ0v) is 31.4. The van der Waals surface area contributed by atoms with Crippen molar-refractivity contribution in [3.63, 3.8) is 0 Å². The number of nitrogens with two attached hydrogens (primary N) is 1. The van der Waals surface area contributed by atoms with Gasteiger partial charge < -0.3 is 30.8 Å².